The molecule has 17 heteroatoms. The fourth-order valence-corrected chi connectivity index (χ4v) is 6.46. The minimum absolute atomic E-state index is 0.109. The van der Waals surface area contributed by atoms with Crippen LogP contribution in [0.5, 0.6) is 5.88 Å². The van der Waals surface area contributed by atoms with Crippen molar-refractivity contribution in [1.29, 1.82) is 0 Å². The van der Waals surface area contributed by atoms with Crippen LogP contribution in [0.25, 0.3) is 22.2 Å². The average Bonchev–Trinajstić information content (AvgIpc) is 3.47. The van der Waals surface area contributed by atoms with Crippen LogP contribution in [0, 0.1) is 0 Å². The number of alkyl halides is 3. The Morgan fingerprint density at radius 1 is 1.02 bits per heavy atom. The maximum Gasteiger partial charge on any atom is 0.422 e. The maximum atomic E-state index is 13.3. The van der Waals surface area contributed by atoms with Crippen molar-refractivity contribution in [3.63, 3.8) is 0 Å². The highest BCUT2D eigenvalue weighted by molar-refractivity contribution is 9.10. The van der Waals surface area contributed by atoms with Crippen molar-refractivity contribution in [2.75, 3.05) is 61.8 Å². The number of ether oxygens (including phenoxy) is 2. The smallest absolute Gasteiger partial charge is 0.422 e. The van der Waals surface area contributed by atoms with Gasteiger partial charge in [0, 0.05) is 67.0 Å². The number of aryl methyl sites for hydroxylation is 1. The standard InChI is InChI=1S/C29H29BrF3N10O2P/c1-42-15-17(13-37-42)18-12-22(27(45-16-29(31,32)33)41-26(18)43-8-10-44-11-9-43)39-28-36-14-19(30)25(40-28)38-21-5-4-20-23(24(21)46(2)3)35-7-6-34-20/h4-7,12-15H,8-11,16H2,1-3H3,(H2,36,38,39,40). The molecule has 240 valence electrons. The number of halogens is 4. The molecule has 0 amide bonds. The van der Waals surface area contributed by atoms with Gasteiger partial charge in [0.25, 0.3) is 0 Å². The van der Waals surface area contributed by atoms with E-state index in [4.69, 9.17) is 9.47 Å². The Morgan fingerprint density at radius 2 is 1.80 bits per heavy atom. The topological polar surface area (TPSA) is 128 Å². The number of anilines is 5. The van der Waals surface area contributed by atoms with Gasteiger partial charge in [0.1, 0.15) is 17.3 Å². The molecule has 4 aromatic heterocycles. The van der Waals surface area contributed by atoms with Gasteiger partial charge in [-0.1, -0.05) is 7.92 Å². The number of nitrogens with zero attached hydrogens (tertiary/aromatic N) is 8. The summed E-state index contributed by atoms with van der Waals surface area (Å²) in [7, 11) is 1.19. The lowest BCUT2D eigenvalue weighted by Gasteiger charge is -2.30. The number of benzene rings is 1. The number of nitrogens with one attached hydrogen (secondary N) is 2. The minimum Gasteiger partial charge on any atom is -0.466 e. The van der Waals surface area contributed by atoms with Crippen molar-refractivity contribution >= 4 is 69.1 Å². The molecule has 5 heterocycles. The first-order valence-electron chi connectivity index (χ1n) is 14.1. The van der Waals surface area contributed by atoms with Gasteiger partial charge in [-0.2, -0.15) is 28.2 Å². The number of rotatable bonds is 9. The summed E-state index contributed by atoms with van der Waals surface area (Å²) < 4.78 is 53.0. The molecular weight excluding hydrogens is 688 g/mol. The molecule has 0 bridgehead atoms. The number of pyridine rings is 1. The molecule has 2 N–H and O–H groups in total. The third kappa shape index (κ3) is 7.13. The van der Waals surface area contributed by atoms with E-state index < -0.39 is 20.7 Å². The van der Waals surface area contributed by atoms with E-state index in [9.17, 15) is 13.2 Å². The highest BCUT2D eigenvalue weighted by Crippen LogP contribution is 2.39. The molecule has 0 spiro atoms. The molecule has 6 rings (SSSR count). The zero-order valence-electron chi connectivity index (χ0n) is 25.0. The molecule has 0 saturated carbocycles. The second-order valence-corrected chi connectivity index (χ2v) is 13.6. The lowest BCUT2D eigenvalue weighted by molar-refractivity contribution is -0.153. The normalized spacial score (nSPS) is 13.8. The Balaban J connectivity index is 1.40. The molecule has 12 nitrogen and oxygen atoms in total. The fraction of sp³-hybridized carbons (Fsp3) is 0.310. The van der Waals surface area contributed by atoms with E-state index in [1.807, 2.05) is 17.0 Å². The number of hydrogen-bond donors (Lipinski definition) is 2. The van der Waals surface area contributed by atoms with Gasteiger partial charge < -0.3 is 25.0 Å². The summed E-state index contributed by atoms with van der Waals surface area (Å²) in [6.07, 6.45) is 3.76. The summed E-state index contributed by atoms with van der Waals surface area (Å²) in [4.78, 5) is 24.6. The van der Waals surface area contributed by atoms with Crippen LogP contribution in [0.3, 0.4) is 0 Å². The van der Waals surface area contributed by atoms with Crippen LogP contribution in [0.4, 0.5) is 42.1 Å². The molecule has 0 radical (unpaired) electrons. The molecule has 1 fully saturated rings. The first-order chi connectivity index (χ1) is 22.1. The lowest BCUT2D eigenvalue weighted by atomic mass is 10.1. The van der Waals surface area contributed by atoms with Crippen molar-refractivity contribution < 1.29 is 22.6 Å². The monoisotopic (exact) mass is 716 g/mol. The molecule has 1 saturated heterocycles. The van der Waals surface area contributed by atoms with E-state index in [1.165, 1.54) is 0 Å². The molecule has 1 aromatic carbocycles. The number of fused-ring (bicyclic) bond motifs is 1. The Kier molecular flexibility index (Phi) is 9.20. The third-order valence-corrected chi connectivity index (χ3v) is 8.90. The Morgan fingerprint density at radius 3 is 2.52 bits per heavy atom. The fourth-order valence-electron chi connectivity index (χ4n) is 4.96. The first-order valence-corrected chi connectivity index (χ1v) is 17.1. The Labute approximate surface area is 271 Å². The zero-order valence-corrected chi connectivity index (χ0v) is 27.5. The Bertz CT molecular complexity index is 1870. The van der Waals surface area contributed by atoms with Gasteiger partial charge in [0.05, 0.1) is 34.9 Å². The summed E-state index contributed by atoms with van der Waals surface area (Å²) in [5.74, 6) is 0.756. The van der Waals surface area contributed by atoms with Crippen molar-refractivity contribution in [2.24, 2.45) is 7.05 Å². The third-order valence-electron chi connectivity index (χ3n) is 6.97. The summed E-state index contributed by atoms with van der Waals surface area (Å²) in [6, 6.07) is 5.49. The van der Waals surface area contributed by atoms with Gasteiger partial charge >= 0.3 is 6.18 Å². The van der Waals surface area contributed by atoms with Gasteiger partial charge in [0.15, 0.2) is 6.61 Å². The van der Waals surface area contributed by atoms with Crippen LogP contribution in [-0.2, 0) is 11.8 Å². The van der Waals surface area contributed by atoms with Crippen LogP contribution in [-0.4, -0.2) is 87.1 Å². The molecular formula is C29H29BrF3N10O2P. The number of hydrogen-bond acceptors (Lipinski definition) is 11. The van der Waals surface area contributed by atoms with Gasteiger partial charge in [-0.3, -0.25) is 14.6 Å². The second kappa shape index (κ2) is 13.3. The number of morpholine rings is 1. The number of aromatic nitrogens is 7. The lowest BCUT2D eigenvalue weighted by Crippen LogP contribution is -2.37. The van der Waals surface area contributed by atoms with Gasteiger partial charge in [0.2, 0.25) is 11.8 Å². The van der Waals surface area contributed by atoms with Gasteiger partial charge in [-0.25, -0.2) is 4.98 Å². The molecule has 46 heavy (non-hydrogen) atoms. The molecule has 1 aliphatic rings. The van der Waals surface area contributed by atoms with E-state index in [0.29, 0.717) is 48.0 Å². The quantitative estimate of drug-likeness (QED) is 0.185. The first kappa shape index (κ1) is 31.8. The highest BCUT2D eigenvalue weighted by atomic mass is 79.9. The largest absolute Gasteiger partial charge is 0.466 e. The minimum atomic E-state index is -4.58. The van der Waals surface area contributed by atoms with Crippen LogP contribution < -0.4 is 25.6 Å². The van der Waals surface area contributed by atoms with Crippen molar-refractivity contribution in [3.05, 3.63) is 53.7 Å². The second-order valence-electron chi connectivity index (χ2n) is 10.5. The van der Waals surface area contributed by atoms with Crippen LogP contribution in [0.15, 0.2) is 53.7 Å². The van der Waals surface area contributed by atoms with Gasteiger partial charge in [-0.15, -0.1) is 0 Å². The van der Waals surface area contributed by atoms with E-state index in [-0.39, 0.29) is 17.5 Å². The zero-order chi connectivity index (χ0) is 32.4. The van der Waals surface area contributed by atoms with E-state index in [1.54, 1.807) is 48.8 Å². The van der Waals surface area contributed by atoms with E-state index >= 15 is 0 Å². The van der Waals surface area contributed by atoms with Gasteiger partial charge in [-0.05, 0) is 47.5 Å². The van der Waals surface area contributed by atoms with E-state index in [0.717, 1.165) is 27.6 Å². The van der Waals surface area contributed by atoms with Crippen LogP contribution in [0.1, 0.15) is 0 Å². The molecule has 0 unspecified atom stereocenters. The van der Waals surface area contributed by atoms with E-state index in [2.05, 4.69) is 69.9 Å². The summed E-state index contributed by atoms with van der Waals surface area (Å²) >= 11 is 3.52. The summed E-state index contributed by atoms with van der Waals surface area (Å²) in [5.41, 5.74) is 3.91. The molecule has 0 aliphatic carbocycles. The summed E-state index contributed by atoms with van der Waals surface area (Å²) in [5, 5.41) is 11.7. The SMILES string of the molecule is Cn1cc(-c2cc(Nc3ncc(Br)c(Nc4ccc5nccnc5c4P(C)C)n3)c(OCC(F)(F)F)nc2N2CCOCC2)cn1. The highest BCUT2D eigenvalue weighted by Gasteiger charge is 2.30. The average molecular weight is 717 g/mol. The predicted molar refractivity (Wildman–Crippen MR) is 175 cm³/mol. The van der Waals surface area contributed by atoms with Crippen molar-refractivity contribution in [1.82, 2.24) is 34.7 Å². The van der Waals surface area contributed by atoms with Crippen LogP contribution in [0.2, 0.25) is 0 Å². The van der Waals surface area contributed by atoms with Crippen molar-refractivity contribution in [2.45, 2.75) is 6.18 Å². The van der Waals surface area contributed by atoms with Crippen LogP contribution >= 0.6 is 23.9 Å². The predicted octanol–water partition coefficient (Wildman–Crippen LogP) is 5.61. The molecule has 0 atom stereocenters. The maximum absolute atomic E-state index is 13.3. The molecule has 5 aromatic rings. The molecule has 1 aliphatic heterocycles. The Hall–Kier alpha value is -4.14. The van der Waals surface area contributed by atoms with Crippen molar-refractivity contribution in [3.8, 4) is 17.0 Å². The summed E-state index contributed by atoms with van der Waals surface area (Å²) in [6.45, 7) is 4.66.